The Morgan fingerprint density at radius 2 is 1.55 bits per heavy atom. The summed E-state index contributed by atoms with van der Waals surface area (Å²) >= 11 is 0. The first-order valence-corrected chi connectivity index (χ1v) is 10.1. The van der Waals surface area contributed by atoms with Crippen molar-refractivity contribution >= 4 is 35.1 Å². The maximum absolute atomic E-state index is 13.3. The molecule has 1 fully saturated rings. The highest BCUT2D eigenvalue weighted by Crippen LogP contribution is 2.33. The summed E-state index contributed by atoms with van der Waals surface area (Å²) in [4.78, 5) is 50.9. The van der Waals surface area contributed by atoms with Gasteiger partial charge >= 0.3 is 6.03 Å². The third kappa shape index (κ3) is 4.28. The van der Waals surface area contributed by atoms with Crippen molar-refractivity contribution in [2.24, 2.45) is 0 Å². The van der Waals surface area contributed by atoms with Gasteiger partial charge in [-0.25, -0.2) is 9.69 Å². The van der Waals surface area contributed by atoms with Crippen LogP contribution in [0, 0.1) is 6.92 Å². The lowest BCUT2D eigenvalue weighted by atomic mass is 9.86. The first-order valence-electron chi connectivity index (χ1n) is 10.1. The zero-order chi connectivity index (χ0) is 22.8. The molecule has 2 atom stereocenters. The van der Waals surface area contributed by atoms with Gasteiger partial charge in [0.1, 0.15) is 11.6 Å². The molecule has 0 spiro atoms. The summed E-state index contributed by atoms with van der Waals surface area (Å²) in [5.41, 5.74) is 1.61. The fourth-order valence-electron chi connectivity index (χ4n) is 3.63. The van der Waals surface area contributed by atoms with E-state index in [4.69, 9.17) is 0 Å². The number of benzene rings is 2. The van der Waals surface area contributed by atoms with Crippen LogP contribution in [-0.2, 0) is 19.9 Å². The maximum Gasteiger partial charge on any atom is 0.326 e. The molecule has 2 unspecified atom stereocenters. The molecule has 0 saturated carbocycles. The number of nitrogens with zero attached hydrogens (tertiary/aromatic N) is 1. The molecule has 0 bridgehead atoms. The molecular weight excluding hydrogens is 396 g/mol. The minimum absolute atomic E-state index is 0.197. The average Bonchev–Trinajstić information content (AvgIpc) is 2.99. The van der Waals surface area contributed by atoms with E-state index in [9.17, 15) is 19.2 Å². The Morgan fingerprint density at radius 1 is 1.00 bits per heavy atom. The molecule has 0 radical (unpaired) electrons. The number of urea groups is 1. The summed E-state index contributed by atoms with van der Waals surface area (Å²) in [6.45, 7) is 6.68. The van der Waals surface area contributed by atoms with Crippen LogP contribution in [0.4, 0.5) is 16.2 Å². The second kappa shape index (κ2) is 8.59. The number of carbonyl (C=O) groups excluding carboxylic acids is 4. The van der Waals surface area contributed by atoms with Gasteiger partial charge in [0.15, 0.2) is 0 Å². The highest BCUT2D eigenvalue weighted by molar-refractivity contribution is 6.11. The molecule has 1 saturated heterocycles. The second-order valence-electron chi connectivity index (χ2n) is 7.65. The van der Waals surface area contributed by atoms with Crippen molar-refractivity contribution in [2.75, 3.05) is 10.6 Å². The van der Waals surface area contributed by atoms with Gasteiger partial charge in [-0.2, -0.15) is 0 Å². The van der Waals surface area contributed by atoms with Crippen molar-refractivity contribution in [3.63, 3.8) is 0 Å². The quantitative estimate of drug-likeness (QED) is 0.622. The summed E-state index contributed by atoms with van der Waals surface area (Å²) in [5.74, 6) is -1.14. The standard InChI is InChI=1S/C23H26N4O4/c1-5-23(17-8-6-14(2)7-9-17)21(30)27(22(31)26-23)15(3)20(29)25-19-12-10-18(11-13-19)24-16(4)28/h6-13,15H,5H2,1-4H3,(H,24,28)(H,25,29)(H,26,31). The molecular formula is C23H26N4O4. The summed E-state index contributed by atoms with van der Waals surface area (Å²) in [5, 5.41) is 8.14. The van der Waals surface area contributed by atoms with Crippen molar-refractivity contribution in [1.29, 1.82) is 0 Å². The SMILES string of the molecule is CCC1(c2ccc(C)cc2)NC(=O)N(C(C)C(=O)Nc2ccc(NC(C)=O)cc2)C1=O. The van der Waals surface area contributed by atoms with Crippen LogP contribution in [0.1, 0.15) is 38.3 Å². The topological polar surface area (TPSA) is 108 Å². The lowest BCUT2D eigenvalue weighted by molar-refractivity contribution is -0.136. The van der Waals surface area contributed by atoms with E-state index in [0.29, 0.717) is 23.4 Å². The van der Waals surface area contributed by atoms with E-state index in [0.717, 1.165) is 10.5 Å². The van der Waals surface area contributed by atoms with Crippen LogP contribution < -0.4 is 16.0 Å². The molecule has 162 valence electrons. The molecule has 1 heterocycles. The molecule has 0 aromatic heterocycles. The van der Waals surface area contributed by atoms with E-state index in [1.165, 1.54) is 13.8 Å². The number of imide groups is 1. The normalized spacial score (nSPS) is 19.0. The number of nitrogens with one attached hydrogen (secondary N) is 3. The Bertz CT molecular complexity index is 1020. The van der Waals surface area contributed by atoms with Crippen molar-refractivity contribution in [3.05, 3.63) is 59.7 Å². The van der Waals surface area contributed by atoms with E-state index in [-0.39, 0.29) is 5.91 Å². The van der Waals surface area contributed by atoms with Crippen molar-refractivity contribution in [3.8, 4) is 0 Å². The van der Waals surface area contributed by atoms with E-state index in [2.05, 4.69) is 16.0 Å². The van der Waals surface area contributed by atoms with Gasteiger partial charge in [-0.05, 0) is 50.1 Å². The van der Waals surface area contributed by atoms with Crippen LogP contribution in [0.25, 0.3) is 0 Å². The molecule has 5 amide bonds. The Balaban J connectivity index is 1.77. The van der Waals surface area contributed by atoms with Gasteiger partial charge in [0, 0.05) is 18.3 Å². The van der Waals surface area contributed by atoms with Gasteiger partial charge in [-0.1, -0.05) is 36.8 Å². The van der Waals surface area contributed by atoms with Gasteiger partial charge in [0.25, 0.3) is 5.91 Å². The molecule has 0 aliphatic carbocycles. The first-order chi connectivity index (χ1) is 14.7. The Hall–Kier alpha value is -3.68. The minimum Gasteiger partial charge on any atom is -0.326 e. The third-order valence-electron chi connectivity index (χ3n) is 5.44. The fraction of sp³-hybridized carbons (Fsp3) is 0.304. The largest absolute Gasteiger partial charge is 0.326 e. The number of hydrogen-bond acceptors (Lipinski definition) is 4. The molecule has 1 aliphatic rings. The van der Waals surface area contributed by atoms with Crippen LogP contribution in [0.15, 0.2) is 48.5 Å². The van der Waals surface area contributed by atoms with Crippen LogP contribution in [0.2, 0.25) is 0 Å². The van der Waals surface area contributed by atoms with Gasteiger partial charge in [-0.3, -0.25) is 14.4 Å². The third-order valence-corrected chi connectivity index (χ3v) is 5.44. The van der Waals surface area contributed by atoms with E-state index >= 15 is 0 Å². The average molecular weight is 422 g/mol. The number of amides is 5. The van der Waals surface area contributed by atoms with E-state index < -0.39 is 29.4 Å². The lowest BCUT2D eigenvalue weighted by Crippen LogP contribution is -2.47. The Morgan fingerprint density at radius 3 is 2.06 bits per heavy atom. The predicted molar refractivity (Wildman–Crippen MR) is 117 cm³/mol. The van der Waals surface area contributed by atoms with Crippen LogP contribution in [0.5, 0.6) is 0 Å². The minimum atomic E-state index is -1.20. The summed E-state index contributed by atoms with van der Waals surface area (Å²) in [6, 6.07) is 12.4. The molecule has 31 heavy (non-hydrogen) atoms. The first kappa shape index (κ1) is 22.0. The number of aryl methyl sites for hydroxylation is 1. The number of hydrogen-bond donors (Lipinski definition) is 3. The number of rotatable bonds is 6. The van der Waals surface area contributed by atoms with Crippen molar-refractivity contribution in [2.45, 2.75) is 45.7 Å². The summed E-state index contributed by atoms with van der Waals surface area (Å²) < 4.78 is 0. The zero-order valence-electron chi connectivity index (χ0n) is 18.0. The van der Waals surface area contributed by atoms with Gasteiger partial charge in [-0.15, -0.1) is 0 Å². The fourth-order valence-corrected chi connectivity index (χ4v) is 3.63. The summed E-state index contributed by atoms with van der Waals surface area (Å²) in [6.07, 6.45) is 0.357. The number of carbonyl (C=O) groups is 4. The van der Waals surface area contributed by atoms with Crippen molar-refractivity contribution in [1.82, 2.24) is 10.2 Å². The number of anilines is 2. The predicted octanol–water partition coefficient (Wildman–Crippen LogP) is 3.14. The van der Waals surface area contributed by atoms with Crippen LogP contribution in [-0.4, -0.2) is 34.7 Å². The summed E-state index contributed by atoms with van der Waals surface area (Å²) in [7, 11) is 0. The Labute approximate surface area is 181 Å². The highest BCUT2D eigenvalue weighted by atomic mass is 16.2. The van der Waals surface area contributed by atoms with Gasteiger partial charge < -0.3 is 16.0 Å². The molecule has 2 aromatic rings. The molecule has 3 rings (SSSR count). The zero-order valence-corrected chi connectivity index (χ0v) is 18.0. The molecule has 3 N–H and O–H groups in total. The monoisotopic (exact) mass is 422 g/mol. The van der Waals surface area contributed by atoms with Crippen LogP contribution in [0.3, 0.4) is 0 Å². The highest BCUT2D eigenvalue weighted by Gasteiger charge is 2.53. The maximum atomic E-state index is 13.3. The lowest BCUT2D eigenvalue weighted by Gasteiger charge is -2.27. The molecule has 8 nitrogen and oxygen atoms in total. The Kier molecular flexibility index (Phi) is 6.10. The smallest absolute Gasteiger partial charge is 0.326 e. The van der Waals surface area contributed by atoms with E-state index in [1.54, 1.807) is 24.3 Å². The van der Waals surface area contributed by atoms with E-state index in [1.807, 2.05) is 38.1 Å². The molecule has 2 aromatic carbocycles. The second-order valence-corrected chi connectivity index (χ2v) is 7.65. The van der Waals surface area contributed by atoms with Gasteiger partial charge in [0.2, 0.25) is 11.8 Å². The molecule has 8 heteroatoms. The van der Waals surface area contributed by atoms with Gasteiger partial charge in [0.05, 0.1) is 0 Å². The van der Waals surface area contributed by atoms with Crippen molar-refractivity contribution < 1.29 is 19.2 Å². The van der Waals surface area contributed by atoms with Crippen LogP contribution >= 0.6 is 0 Å². The molecule has 1 aliphatic heterocycles.